The molecule has 3 rings (SSSR count). The van der Waals surface area contributed by atoms with E-state index in [1.165, 1.54) is 4.90 Å². The smallest absolute Gasteiger partial charge is 0.254 e. The standard InChI is InChI=1S/C25H26N2O2/c1-3-20-13-8-10-16-23(20)26-24(28)18-27(2)25(29)22-15-9-7-14-21(22)17-19-11-5-4-6-12-19/h4-16H,3,17-18H2,1-2H3,(H,26,28). The molecule has 0 saturated carbocycles. The van der Waals surface area contributed by atoms with Crippen molar-refractivity contribution in [3.8, 4) is 0 Å². The summed E-state index contributed by atoms with van der Waals surface area (Å²) in [6.45, 7) is 2.04. The zero-order valence-electron chi connectivity index (χ0n) is 16.9. The van der Waals surface area contributed by atoms with Crippen LogP contribution in [-0.2, 0) is 17.6 Å². The summed E-state index contributed by atoms with van der Waals surface area (Å²) in [7, 11) is 1.66. The summed E-state index contributed by atoms with van der Waals surface area (Å²) >= 11 is 0. The minimum absolute atomic E-state index is 0.00342. The number of amides is 2. The average Bonchev–Trinajstić information content (AvgIpc) is 2.74. The maximum atomic E-state index is 13.0. The first-order valence-electron chi connectivity index (χ1n) is 9.83. The molecule has 3 aromatic carbocycles. The van der Waals surface area contributed by atoms with E-state index < -0.39 is 0 Å². The Kier molecular flexibility index (Phi) is 6.80. The van der Waals surface area contributed by atoms with Crippen LogP contribution in [0.2, 0.25) is 0 Å². The molecule has 0 spiro atoms. The summed E-state index contributed by atoms with van der Waals surface area (Å²) < 4.78 is 0. The van der Waals surface area contributed by atoms with Gasteiger partial charge in [-0.3, -0.25) is 9.59 Å². The molecule has 0 saturated heterocycles. The molecule has 4 heteroatoms. The molecule has 0 atom stereocenters. The van der Waals surface area contributed by atoms with Crippen molar-refractivity contribution >= 4 is 17.5 Å². The van der Waals surface area contributed by atoms with Gasteiger partial charge in [-0.2, -0.15) is 0 Å². The van der Waals surface area contributed by atoms with Crippen LogP contribution >= 0.6 is 0 Å². The first-order chi connectivity index (χ1) is 14.1. The predicted octanol–water partition coefficient (Wildman–Crippen LogP) is 4.55. The summed E-state index contributed by atoms with van der Waals surface area (Å²) in [6, 6.07) is 25.3. The van der Waals surface area contributed by atoms with Gasteiger partial charge in [0, 0.05) is 18.3 Å². The molecule has 0 heterocycles. The van der Waals surface area contributed by atoms with Crippen molar-refractivity contribution in [2.24, 2.45) is 0 Å². The van der Waals surface area contributed by atoms with Crippen LogP contribution in [0.25, 0.3) is 0 Å². The highest BCUT2D eigenvalue weighted by Gasteiger charge is 2.18. The lowest BCUT2D eigenvalue weighted by Crippen LogP contribution is -2.35. The Morgan fingerprint density at radius 3 is 2.17 bits per heavy atom. The molecule has 0 fully saturated rings. The Hall–Kier alpha value is -3.40. The van der Waals surface area contributed by atoms with Crippen LogP contribution in [0.3, 0.4) is 0 Å². The monoisotopic (exact) mass is 386 g/mol. The zero-order valence-corrected chi connectivity index (χ0v) is 16.9. The zero-order chi connectivity index (χ0) is 20.6. The third-order valence-electron chi connectivity index (χ3n) is 4.89. The third-order valence-corrected chi connectivity index (χ3v) is 4.89. The molecule has 0 bridgehead atoms. The lowest BCUT2D eigenvalue weighted by Gasteiger charge is -2.19. The summed E-state index contributed by atoms with van der Waals surface area (Å²) in [6.07, 6.45) is 1.50. The molecular formula is C25H26N2O2. The molecule has 3 aromatic rings. The number of nitrogens with zero attached hydrogens (tertiary/aromatic N) is 1. The minimum Gasteiger partial charge on any atom is -0.332 e. The van der Waals surface area contributed by atoms with E-state index in [4.69, 9.17) is 0 Å². The van der Waals surface area contributed by atoms with Gasteiger partial charge in [0.25, 0.3) is 5.91 Å². The van der Waals surface area contributed by atoms with Crippen LogP contribution in [0, 0.1) is 0 Å². The number of rotatable bonds is 7. The molecule has 1 N–H and O–H groups in total. The first kappa shape index (κ1) is 20.3. The SMILES string of the molecule is CCc1ccccc1NC(=O)CN(C)C(=O)c1ccccc1Cc1ccccc1. The predicted molar refractivity (Wildman–Crippen MR) is 117 cm³/mol. The Bertz CT molecular complexity index is 983. The largest absolute Gasteiger partial charge is 0.332 e. The van der Waals surface area contributed by atoms with Gasteiger partial charge in [0.05, 0.1) is 6.54 Å². The van der Waals surface area contributed by atoms with Gasteiger partial charge in [-0.1, -0.05) is 73.7 Å². The number of para-hydroxylation sites is 1. The minimum atomic E-state index is -0.206. The first-order valence-corrected chi connectivity index (χ1v) is 9.83. The van der Waals surface area contributed by atoms with Crippen LogP contribution in [0.1, 0.15) is 34.0 Å². The van der Waals surface area contributed by atoms with Crippen molar-refractivity contribution in [2.45, 2.75) is 19.8 Å². The van der Waals surface area contributed by atoms with Crippen molar-refractivity contribution in [3.63, 3.8) is 0 Å². The van der Waals surface area contributed by atoms with Crippen molar-refractivity contribution in [1.29, 1.82) is 0 Å². The van der Waals surface area contributed by atoms with Gasteiger partial charge < -0.3 is 10.2 Å². The van der Waals surface area contributed by atoms with Gasteiger partial charge >= 0.3 is 0 Å². The normalized spacial score (nSPS) is 10.4. The lowest BCUT2D eigenvalue weighted by molar-refractivity contribution is -0.116. The van der Waals surface area contributed by atoms with Crippen molar-refractivity contribution < 1.29 is 9.59 Å². The van der Waals surface area contributed by atoms with Crippen LogP contribution in [-0.4, -0.2) is 30.3 Å². The van der Waals surface area contributed by atoms with E-state index in [0.717, 1.165) is 28.8 Å². The molecular weight excluding hydrogens is 360 g/mol. The number of carbonyl (C=O) groups excluding carboxylic acids is 2. The quantitative estimate of drug-likeness (QED) is 0.648. The van der Waals surface area contributed by atoms with Crippen molar-refractivity contribution in [3.05, 3.63) is 101 Å². The molecule has 0 aromatic heterocycles. The van der Waals surface area contributed by atoms with Gasteiger partial charge in [-0.25, -0.2) is 0 Å². The van der Waals surface area contributed by atoms with Gasteiger partial charge in [0.1, 0.15) is 0 Å². The fourth-order valence-electron chi connectivity index (χ4n) is 3.33. The van der Waals surface area contributed by atoms with Gasteiger partial charge in [-0.05, 0) is 41.7 Å². The molecule has 2 amide bonds. The van der Waals surface area contributed by atoms with E-state index in [0.29, 0.717) is 12.0 Å². The fourth-order valence-corrected chi connectivity index (χ4v) is 3.33. The number of likely N-dealkylation sites (N-methyl/N-ethyl adjacent to an activating group) is 1. The van der Waals surface area contributed by atoms with Gasteiger partial charge in [0.2, 0.25) is 5.91 Å². The van der Waals surface area contributed by atoms with Crippen LogP contribution in [0.15, 0.2) is 78.9 Å². The molecule has 29 heavy (non-hydrogen) atoms. The molecule has 0 aliphatic heterocycles. The Labute approximate surface area is 172 Å². The Balaban J connectivity index is 1.69. The maximum Gasteiger partial charge on any atom is 0.254 e. The van der Waals surface area contributed by atoms with E-state index in [-0.39, 0.29) is 18.4 Å². The average molecular weight is 386 g/mol. The number of anilines is 1. The number of hydrogen-bond acceptors (Lipinski definition) is 2. The third kappa shape index (κ3) is 5.32. The summed E-state index contributed by atoms with van der Waals surface area (Å²) in [5, 5.41) is 2.92. The Morgan fingerprint density at radius 2 is 1.45 bits per heavy atom. The molecule has 0 aliphatic rings. The molecule has 0 aliphatic carbocycles. The second-order valence-corrected chi connectivity index (χ2v) is 7.04. The second kappa shape index (κ2) is 9.69. The Morgan fingerprint density at radius 1 is 0.828 bits per heavy atom. The fraction of sp³-hybridized carbons (Fsp3) is 0.200. The summed E-state index contributed by atoms with van der Waals surface area (Å²) in [5.41, 5.74) is 4.59. The number of nitrogens with one attached hydrogen (secondary N) is 1. The van der Waals surface area contributed by atoms with E-state index in [9.17, 15) is 9.59 Å². The van der Waals surface area contributed by atoms with Gasteiger partial charge in [0.15, 0.2) is 0 Å². The van der Waals surface area contributed by atoms with Crippen LogP contribution in [0.5, 0.6) is 0 Å². The van der Waals surface area contributed by atoms with Crippen molar-refractivity contribution in [2.75, 3.05) is 18.9 Å². The highest BCUT2D eigenvalue weighted by Crippen LogP contribution is 2.17. The number of carbonyl (C=O) groups is 2. The second-order valence-electron chi connectivity index (χ2n) is 7.04. The number of hydrogen-bond donors (Lipinski definition) is 1. The molecule has 0 unspecified atom stereocenters. The van der Waals surface area contributed by atoms with E-state index in [1.807, 2.05) is 85.8 Å². The van der Waals surface area contributed by atoms with E-state index in [1.54, 1.807) is 7.05 Å². The van der Waals surface area contributed by atoms with E-state index >= 15 is 0 Å². The maximum absolute atomic E-state index is 13.0. The van der Waals surface area contributed by atoms with E-state index in [2.05, 4.69) is 5.32 Å². The topological polar surface area (TPSA) is 49.4 Å². The summed E-state index contributed by atoms with van der Waals surface area (Å²) in [5.74, 6) is -0.363. The summed E-state index contributed by atoms with van der Waals surface area (Å²) in [4.78, 5) is 27.0. The van der Waals surface area contributed by atoms with Crippen LogP contribution in [0.4, 0.5) is 5.69 Å². The number of aryl methyl sites for hydroxylation is 1. The highest BCUT2D eigenvalue weighted by molar-refractivity contribution is 6.00. The van der Waals surface area contributed by atoms with Crippen LogP contribution < -0.4 is 5.32 Å². The molecule has 148 valence electrons. The number of benzene rings is 3. The molecule has 0 radical (unpaired) electrons. The van der Waals surface area contributed by atoms with Gasteiger partial charge in [-0.15, -0.1) is 0 Å². The molecule has 4 nitrogen and oxygen atoms in total. The van der Waals surface area contributed by atoms with Crippen molar-refractivity contribution in [1.82, 2.24) is 4.90 Å². The lowest BCUT2D eigenvalue weighted by atomic mass is 9.99. The highest BCUT2D eigenvalue weighted by atomic mass is 16.2.